The minimum absolute atomic E-state index is 0.00147. The molecule has 2 atom stereocenters. The van der Waals surface area contributed by atoms with Crippen molar-refractivity contribution in [2.24, 2.45) is 11.3 Å². The molecule has 4 N–H and O–H groups in total. The van der Waals surface area contributed by atoms with Crippen LogP contribution in [-0.4, -0.2) is 44.9 Å². The number of carboxylic acids is 1. The minimum atomic E-state index is -1.45. The third-order valence-electron chi connectivity index (χ3n) is 6.06. The summed E-state index contributed by atoms with van der Waals surface area (Å²) in [7, 11) is 0. The van der Waals surface area contributed by atoms with Crippen molar-refractivity contribution in [3.05, 3.63) is 76.3 Å². The summed E-state index contributed by atoms with van der Waals surface area (Å²) in [6.07, 6.45) is 1.04. The first-order chi connectivity index (χ1) is 17.0. The molecular weight excluding hydrogens is 485 g/mol. The zero-order valence-electron chi connectivity index (χ0n) is 20.5. The monoisotopic (exact) mass is 515 g/mol. The fraction of sp³-hybridized carbons (Fsp3) is 0.370. The molecule has 3 aromatic rings. The van der Waals surface area contributed by atoms with Crippen molar-refractivity contribution in [1.82, 2.24) is 15.5 Å². The first kappa shape index (κ1) is 27.4. The van der Waals surface area contributed by atoms with Crippen LogP contribution in [0.2, 0.25) is 5.02 Å². The lowest BCUT2D eigenvalue weighted by molar-refractivity contribution is -0.151. The lowest BCUT2D eigenvalue weighted by atomic mass is 9.82. The first-order valence-corrected chi connectivity index (χ1v) is 12.1. The van der Waals surface area contributed by atoms with E-state index in [9.17, 15) is 24.2 Å². The summed E-state index contributed by atoms with van der Waals surface area (Å²) < 4.78 is 14.2. The van der Waals surface area contributed by atoms with Gasteiger partial charge in [-0.1, -0.05) is 49.7 Å². The van der Waals surface area contributed by atoms with Crippen LogP contribution < -0.4 is 5.32 Å². The highest BCUT2D eigenvalue weighted by molar-refractivity contribution is 6.30. The number of benzene rings is 2. The molecule has 0 aliphatic rings. The number of H-pyrrole nitrogens is 1. The van der Waals surface area contributed by atoms with Crippen LogP contribution in [-0.2, 0) is 17.6 Å². The van der Waals surface area contributed by atoms with Gasteiger partial charge in [-0.25, -0.2) is 4.39 Å². The van der Waals surface area contributed by atoms with Crippen molar-refractivity contribution in [3.63, 3.8) is 0 Å². The van der Waals surface area contributed by atoms with Gasteiger partial charge in [-0.2, -0.15) is 5.10 Å². The molecule has 7 nitrogen and oxygen atoms in total. The van der Waals surface area contributed by atoms with Crippen LogP contribution in [0.5, 0.6) is 0 Å². The molecule has 0 saturated heterocycles. The number of rotatable bonds is 11. The lowest BCUT2D eigenvalue weighted by Crippen LogP contribution is -2.44. The highest BCUT2D eigenvalue weighted by atomic mass is 35.5. The first-order valence-electron chi connectivity index (χ1n) is 11.7. The quantitative estimate of drug-likeness (QED) is 0.290. The Kier molecular flexibility index (Phi) is 8.87. The normalized spacial score (nSPS) is 13.9. The van der Waals surface area contributed by atoms with Gasteiger partial charge in [0.25, 0.3) is 5.91 Å². The van der Waals surface area contributed by atoms with Crippen molar-refractivity contribution in [3.8, 4) is 11.1 Å². The van der Waals surface area contributed by atoms with Crippen molar-refractivity contribution in [2.45, 2.75) is 46.1 Å². The molecule has 0 aliphatic carbocycles. The smallest absolute Gasteiger partial charge is 0.311 e. The van der Waals surface area contributed by atoms with Gasteiger partial charge in [0.1, 0.15) is 11.5 Å². The Labute approximate surface area is 214 Å². The third-order valence-corrected chi connectivity index (χ3v) is 6.30. The fourth-order valence-electron chi connectivity index (χ4n) is 4.04. The zero-order chi connectivity index (χ0) is 26.5. The fourth-order valence-corrected chi connectivity index (χ4v) is 4.21. The predicted octanol–water partition coefficient (Wildman–Crippen LogP) is 4.88. The van der Waals surface area contributed by atoms with Crippen LogP contribution in [0.4, 0.5) is 4.39 Å². The van der Waals surface area contributed by atoms with Gasteiger partial charge >= 0.3 is 5.97 Å². The number of nitrogens with zero attached hydrogens (tertiary/aromatic N) is 1. The van der Waals surface area contributed by atoms with Gasteiger partial charge in [-0.15, -0.1) is 0 Å². The number of carbonyl (C=O) groups excluding carboxylic acids is 1. The molecule has 0 spiro atoms. The maximum absolute atomic E-state index is 14.2. The van der Waals surface area contributed by atoms with Crippen LogP contribution >= 0.6 is 11.6 Å². The summed E-state index contributed by atoms with van der Waals surface area (Å²) in [6, 6.07) is 12.5. The predicted molar refractivity (Wildman–Crippen MR) is 136 cm³/mol. The van der Waals surface area contributed by atoms with Gasteiger partial charge in [-0.3, -0.25) is 14.7 Å². The Morgan fingerprint density at radius 3 is 2.44 bits per heavy atom. The van der Waals surface area contributed by atoms with Crippen molar-refractivity contribution < 1.29 is 24.2 Å². The number of aliphatic hydroxyl groups is 1. The Hall–Kier alpha value is -3.23. The molecule has 9 heteroatoms. The number of aromatic amines is 1. The second-order valence-corrected chi connectivity index (χ2v) is 10.2. The third kappa shape index (κ3) is 6.92. The Bertz CT molecular complexity index is 1210. The number of nitrogens with one attached hydrogen (secondary N) is 2. The molecule has 0 saturated carbocycles. The van der Waals surface area contributed by atoms with E-state index < -0.39 is 35.8 Å². The molecule has 3 rings (SSSR count). The molecule has 2 unspecified atom stereocenters. The zero-order valence-corrected chi connectivity index (χ0v) is 21.3. The highest BCUT2D eigenvalue weighted by Crippen LogP contribution is 2.28. The average molecular weight is 516 g/mol. The Morgan fingerprint density at radius 1 is 1.14 bits per heavy atom. The largest absolute Gasteiger partial charge is 0.481 e. The van der Waals surface area contributed by atoms with Crippen molar-refractivity contribution in [1.29, 1.82) is 0 Å². The summed E-state index contributed by atoms with van der Waals surface area (Å²) in [5.74, 6) is -1.60. The lowest BCUT2D eigenvalue weighted by Gasteiger charge is -2.28. The number of carbonyl (C=O) groups is 2. The topological polar surface area (TPSA) is 115 Å². The van der Waals surface area contributed by atoms with Crippen LogP contribution in [0.1, 0.15) is 48.9 Å². The molecule has 1 amide bonds. The number of hydrogen-bond acceptors (Lipinski definition) is 4. The number of aliphatic carboxylic acids is 1. The summed E-state index contributed by atoms with van der Waals surface area (Å²) in [6.45, 7) is 4.98. The van der Waals surface area contributed by atoms with Crippen LogP contribution in [0.25, 0.3) is 11.1 Å². The number of hydrogen-bond donors (Lipinski definition) is 4. The van der Waals surface area contributed by atoms with Crippen molar-refractivity contribution in [2.75, 3.05) is 6.61 Å². The van der Waals surface area contributed by atoms with E-state index in [0.717, 1.165) is 17.7 Å². The van der Waals surface area contributed by atoms with Gasteiger partial charge in [0.2, 0.25) is 0 Å². The number of halogens is 2. The van der Waals surface area contributed by atoms with Gasteiger partial charge in [0.05, 0.1) is 12.0 Å². The summed E-state index contributed by atoms with van der Waals surface area (Å²) in [5, 5.41) is 29.7. The van der Waals surface area contributed by atoms with Gasteiger partial charge in [0, 0.05) is 22.3 Å². The van der Waals surface area contributed by atoms with E-state index in [1.165, 1.54) is 19.1 Å². The summed E-state index contributed by atoms with van der Waals surface area (Å²) in [4.78, 5) is 24.8. The number of amides is 1. The van der Waals surface area contributed by atoms with E-state index in [1.54, 1.807) is 36.4 Å². The molecule has 36 heavy (non-hydrogen) atoms. The summed E-state index contributed by atoms with van der Waals surface area (Å²) >= 11 is 6.01. The van der Waals surface area contributed by atoms with E-state index in [0.29, 0.717) is 28.5 Å². The molecule has 0 bridgehead atoms. The van der Waals surface area contributed by atoms with E-state index >= 15 is 0 Å². The second-order valence-electron chi connectivity index (χ2n) is 9.80. The SMILES string of the molecule is CC(C)Cc1cc(C(=O)NC(Cc2ccc(-c3cc(Cl)ccc3F)cc2)CC(C)(CO)C(=O)O)n[nH]1. The minimum Gasteiger partial charge on any atom is -0.481 e. The van der Waals surface area contributed by atoms with E-state index in [4.69, 9.17) is 11.6 Å². The van der Waals surface area contributed by atoms with Crippen molar-refractivity contribution >= 4 is 23.5 Å². The molecule has 0 aliphatic heterocycles. The average Bonchev–Trinajstić information content (AvgIpc) is 3.29. The van der Waals surface area contributed by atoms with Gasteiger partial charge in [-0.05, 0) is 67.5 Å². The van der Waals surface area contributed by atoms with Crippen LogP contribution in [0, 0.1) is 17.2 Å². The van der Waals surface area contributed by atoms with Crippen LogP contribution in [0.3, 0.4) is 0 Å². The van der Waals surface area contributed by atoms with Gasteiger partial charge in [0.15, 0.2) is 0 Å². The van der Waals surface area contributed by atoms with E-state index in [-0.39, 0.29) is 12.1 Å². The maximum Gasteiger partial charge on any atom is 0.311 e. The standard InChI is InChI=1S/C27H31ClFN3O4/c1-16(2)10-20-13-24(32-31-20)25(34)30-21(14-27(3,15-33)26(35)36)11-17-4-6-18(7-5-17)22-12-19(28)8-9-23(22)29/h4-9,12-13,16,21,33H,10-11,14-15H2,1-3H3,(H,30,34)(H,31,32)(H,35,36). The Balaban J connectivity index is 1.82. The molecule has 2 aromatic carbocycles. The highest BCUT2D eigenvalue weighted by Gasteiger charge is 2.36. The van der Waals surface area contributed by atoms with Gasteiger partial charge < -0.3 is 15.5 Å². The second kappa shape index (κ2) is 11.7. The number of aliphatic hydroxyl groups excluding tert-OH is 1. The van der Waals surface area contributed by atoms with Crippen LogP contribution in [0.15, 0.2) is 48.5 Å². The molecular formula is C27H31ClFN3O4. The number of carboxylic acid groups (broad SMARTS) is 1. The molecule has 0 radical (unpaired) electrons. The van der Waals surface area contributed by atoms with E-state index in [2.05, 4.69) is 29.4 Å². The molecule has 1 aromatic heterocycles. The Morgan fingerprint density at radius 2 is 1.83 bits per heavy atom. The number of aromatic nitrogens is 2. The maximum atomic E-state index is 14.2. The molecule has 1 heterocycles. The van der Waals surface area contributed by atoms with E-state index in [1.807, 2.05) is 0 Å². The summed E-state index contributed by atoms with van der Waals surface area (Å²) in [5.41, 5.74) is 1.41. The molecule has 0 fully saturated rings. The molecule has 192 valence electrons.